The van der Waals surface area contributed by atoms with Crippen LogP contribution in [0.3, 0.4) is 0 Å². The van der Waals surface area contributed by atoms with Crippen molar-refractivity contribution in [2.45, 2.75) is 39.2 Å². The zero-order valence-electron chi connectivity index (χ0n) is 18.3. The van der Waals surface area contributed by atoms with Crippen LogP contribution in [0.15, 0.2) is 12.2 Å². The van der Waals surface area contributed by atoms with Gasteiger partial charge in [-0.15, -0.1) is 0 Å². The molecular weight excluding hydrogens is 444 g/mol. The number of hydrogen-bond donors (Lipinski definition) is 2. The minimum absolute atomic E-state index is 0.00434. The number of ether oxygens (including phenoxy) is 3. The fourth-order valence-electron chi connectivity index (χ4n) is 2.45. The Labute approximate surface area is 190 Å². The van der Waals surface area contributed by atoms with Gasteiger partial charge in [0.25, 0.3) is 5.91 Å². The van der Waals surface area contributed by atoms with Gasteiger partial charge in [-0.05, 0) is 6.08 Å². The Morgan fingerprint density at radius 3 is 2.47 bits per heavy atom. The van der Waals surface area contributed by atoms with Gasteiger partial charge in [-0.3, -0.25) is 24.0 Å². The van der Waals surface area contributed by atoms with Gasteiger partial charge in [-0.1, -0.05) is 25.6 Å². The van der Waals surface area contributed by atoms with Crippen molar-refractivity contribution in [1.29, 1.82) is 0 Å². The number of nitrogens with one attached hydrogen (secondary N) is 2. The van der Waals surface area contributed by atoms with Gasteiger partial charge >= 0.3 is 17.9 Å². The Bertz CT molecular complexity index is 764. The summed E-state index contributed by atoms with van der Waals surface area (Å²) in [5, 5.41) is 4.74. The highest BCUT2D eigenvalue weighted by molar-refractivity contribution is 8.14. The van der Waals surface area contributed by atoms with Gasteiger partial charge in [0.05, 0.1) is 20.0 Å². The molecule has 0 aromatic carbocycles. The molecule has 1 aliphatic heterocycles. The molecule has 0 bridgehead atoms. The molecule has 0 aromatic heterocycles. The summed E-state index contributed by atoms with van der Waals surface area (Å²) < 4.78 is 14.9. The number of cyclic esters (lactones) is 1. The van der Waals surface area contributed by atoms with E-state index in [9.17, 15) is 28.8 Å². The molecule has 0 aromatic rings. The Balaban J connectivity index is 2.89. The first-order valence-corrected chi connectivity index (χ1v) is 10.9. The maximum atomic E-state index is 12.7. The number of carbonyl (C=O) groups is 6. The quantitative estimate of drug-likeness (QED) is 0.395. The van der Waals surface area contributed by atoms with Crippen molar-refractivity contribution >= 4 is 46.6 Å². The number of methoxy groups -OCH3 is 1. The molecule has 0 saturated heterocycles. The summed E-state index contributed by atoms with van der Waals surface area (Å²) in [5.41, 5.74) is -1.16. The van der Waals surface area contributed by atoms with E-state index in [-0.39, 0.29) is 44.9 Å². The van der Waals surface area contributed by atoms with Crippen molar-refractivity contribution in [3.63, 3.8) is 0 Å². The zero-order chi connectivity index (χ0) is 24.1. The summed E-state index contributed by atoms with van der Waals surface area (Å²) in [4.78, 5) is 71.5. The van der Waals surface area contributed by atoms with Crippen LogP contribution in [0.5, 0.6) is 0 Å². The van der Waals surface area contributed by atoms with Crippen molar-refractivity contribution in [1.82, 2.24) is 10.6 Å². The molecule has 0 radical (unpaired) electrons. The smallest absolute Gasteiger partial charge is 0.331 e. The molecule has 178 valence electrons. The first-order valence-electron chi connectivity index (χ1n) is 9.87. The molecule has 32 heavy (non-hydrogen) atoms. The predicted molar refractivity (Wildman–Crippen MR) is 113 cm³/mol. The van der Waals surface area contributed by atoms with E-state index in [0.717, 1.165) is 23.9 Å². The highest BCUT2D eigenvalue weighted by Gasteiger charge is 2.39. The van der Waals surface area contributed by atoms with Crippen LogP contribution >= 0.6 is 11.8 Å². The minimum atomic E-state index is -1.39. The Morgan fingerprint density at radius 1 is 1.09 bits per heavy atom. The van der Waals surface area contributed by atoms with Gasteiger partial charge in [-0.25, -0.2) is 4.79 Å². The lowest BCUT2D eigenvalue weighted by Gasteiger charge is -2.32. The van der Waals surface area contributed by atoms with Crippen molar-refractivity contribution in [3.05, 3.63) is 12.2 Å². The largest absolute Gasteiger partial charge is 0.469 e. The van der Waals surface area contributed by atoms with Crippen LogP contribution in [0.25, 0.3) is 0 Å². The highest BCUT2D eigenvalue weighted by Crippen LogP contribution is 2.25. The second-order valence-electron chi connectivity index (χ2n) is 7.43. The van der Waals surface area contributed by atoms with Crippen LogP contribution < -0.4 is 10.6 Å². The van der Waals surface area contributed by atoms with Gasteiger partial charge in [0.1, 0.15) is 6.61 Å². The molecule has 12 heteroatoms. The molecule has 0 unspecified atom stereocenters. The lowest BCUT2D eigenvalue weighted by Crippen LogP contribution is -2.49. The third-order valence-electron chi connectivity index (χ3n) is 4.22. The molecule has 0 fully saturated rings. The third-order valence-corrected chi connectivity index (χ3v) is 5.05. The van der Waals surface area contributed by atoms with E-state index in [4.69, 9.17) is 9.47 Å². The van der Waals surface area contributed by atoms with E-state index in [1.807, 2.05) is 0 Å². The fraction of sp³-hybridized carbons (Fsp3) is 0.600. The van der Waals surface area contributed by atoms with Crippen LogP contribution in [-0.4, -0.2) is 73.5 Å². The second-order valence-corrected chi connectivity index (χ2v) is 8.53. The number of rotatable bonds is 6. The normalized spacial score (nSPS) is 20.0. The summed E-state index contributed by atoms with van der Waals surface area (Å²) in [6, 6.07) is 0. The molecule has 1 heterocycles. The van der Waals surface area contributed by atoms with Crippen molar-refractivity contribution in [3.8, 4) is 0 Å². The molecule has 11 nitrogen and oxygen atoms in total. The minimum Gasteiger partial charge on any atom is -0.469 e. The Morgan fingerprint density at radius 2 is 1.78 bits per heavy atom. The second kappa shape index (κ2) is 13.5. The maximum absolute atomic E-state index is 12.7. The van der Waals surface area contributed by atoms with Crippen LogP contribution in [-0.2, 0) is 43.0 Å². The van der Waals surface area contributed by atoms with Gasteiger partial charge in [0.15, 0.2) is 6.10 Å². The Kier molecular flexibility index (Phi) is 11.5. The van der Waals surface area contributed by atoms with E-state index in [2.05, 4.69) is 15.4 Å². The molecule has 0 saturated carbocycles. The van der Waals surface area contributed by atoms with Gasteiger partial charge in [-0.2, -0.15) is 0 Å². The lowest BCUT2D eigenvalue weighted by atomic mass is 9.86. The lowest BCUT2D eigenvalue weighted by molar-refractivity contribution is -0.166. The summed E-state index contributed by atoms with van der Waals surface area (Å²) in [6.45, 7) is 3.05. The zero-order valence-corrected chi connectivity index (χ0v) is 19.1. The van der Waals surface area contributed by atoms with Crippen molar-refractivity contribution in [2.24, 2.45) is 5.41 Å². The summed E-state index contributed by atoms with van der Waals surface area (Å²) in [6.07, 6.45) is 0.163. The fourth-order valence-corrected chi connectivity index (χ4v) is 3.02. The molecule has 1 aliphatic rings. The highest BCUT2D eigenvalue weighted by atomic mass is 32.2. The SMILES string of the molecule is COC(=O)CCC(=O)OCC(C)(C)[C@H]1OC(=O)/C=C/C(=O)SCCNC(=O)CCNC1=O. The van der Waals surface area contributed by atoms with E-state index in [1.165, 1.54) is 7.11 Å². The Hall–Kier alpha value is -2.89. The molecule has 2 N–H and O–H groups in total. The summed E-state index contributed by atoms with van der Waals surface area (Å²) >= 11 is 0.917. The van der Waals surface area contributed by atoms with Gasteiger partial charge in [0, 0.05) is 36.8 Å². The van der Waals surface area contributed by atoms with Gasteiger partial charge < -0.3 is 24.8 Å². The van der Waals surface area contributed by atoms with Crippen LogP contribution in [0.2, 0.25) is 0 Å². The third kappa shape index (κ3) is 10.4. The summed E-state index contributed by atoms with van der Waals surface area (Å²) in [5.74, 6) is -2.85. The van der Waals surface area contributed by atoms with Crippen LogP contribution in [0, 0.1) is 5.41 Å². The topological polar surface area (TPSA) is 154 Å². The average molecular weight is 473 g/mol. The molecule has 0 aliphatic carbocycles. The number of esters is 3. The summed E-state index contributed by atoms with van der Waals surface area (Å²) in [7, 11) is 1.20. The van der Waals surface area contributed by atoms with E-state index < -0.39 is 40.4 Å². The van der Waals surface area contributed by atoms with E-state index in [1.54, 1.807) is 13.8 Å². The van der Waals surface area contributed by atoms with Crippen molar-refractivity contribution in [2.75, 3.05) is 32.6 Å². The average Bonchev–Trinajstić information content (AvgIpc) is 2.75. The molecule has 2 amide bonds. The van der Waals surface area contributed by atoms with E-state index >= 15 is 0 Å². The molecule has 1 atom stereocenters. The molecule has 1 rings (SSSR count). The number of thioether (sulfide) groups is 1. The van der Waals surface area contributed by atoms with Crippen LogP contribution in [0.4, 0.5) is 0 Å². The van der Waals surface area contributed by atoms with Crippen molar-refractivity contribution < 1.29 is 43.0 Å². The standard InChI is InChI=1S/C20H28N2O9S/c1-20(2,12-30-15(25)5-4-14(24)29-3)18-19(28)22-9-8-13(23)21-10-11-32-17(27)7-6-16(26)31-18/h6-7,18H,4-5,8-12H2,1-3H3,(H,21,23)(H,22,28)/b7-6+/t18-/m0/s1. The predicted octanol–water partition coefficient (Wildman–Crippen LogP) is -0.127. The van der Waals surface area contributed by atoms with Crippen LogP contribution in [0.1, 0.15) is 33.1 Å². The monoisotopic (exact) mass is 472 g/mol. The number of hydrogen-bond acceptors (Lipinski definition) is 10. The molecular formula is C20H28N2O9S. The number of carbonyl (C=O) groups excluding carboxylic acids is 6. The maximum Gasteiger partial charge on any atom is 0.331 e. The van der Waals surface area contributed by atoms with Gasteiger partial charge in [0.2, 0.25) is 11.0 Å². The first-order chi connectivity index (χ1) is 15.0. The number of amides is 2. The molecule has 0 spiro atoms. The van der Waals surface area contributed by atoms with E-state index in [0.29, 0.717) is 5.75 Å². The first kappa shape index (κ1) is 27.1.